The van der Waals surface area contributed by atoms with Crippen LogP contribution in [0.3, 0.4) is 0 Å². The van der Waals surface area contributed by atoms with Gasteiger partial charge in [-0.05, 0) is 30.3 Å². The third-order valence-corrected chi connectivity index (χ3v) is 3.57. The Hall–Kier alpha value is -3.02. The molecule has 1 heterocycles. The van der Waals surface area contributed by atoms with E-state index in [1.165, 1.54) is 7.11 Å². The number of aromatic nitrogens is 2. The summed E-state index contributed by atoms with van der Waals surface area (Å²) in [6.07, 6.45) is 0. The van der Waals surface area contributed by atoms with Gasteiger partial charge >= 0.3 is 0 Å². The molecular weight excluding hydrogens is 296 g/mol. The van der Waals surface area contributed by atoms with Gasteiger partial charge in [0, 0.05) is 11.6 Å². The Bertz CT molecular complexity index is 901. The zero-order valence-electron chi connectivity index (χ0n) is 13.0. The Morgan fingerprint density at radius 2 is 1.57 bits per heavy atom. The van der Waals surface area contributed by atoms with Crippen molar-refractivity contribution in [2.45, 2.75) is 0 Å². The smallest absolute Gasteiger partial charge is 0.259 e. The molecule has 0 aliphatic heterocycles. The molecule has 0 saturated heterocycles. The van der Waals surface area contributed by atoms with E-state index in [2.05, 4.69) is 9.97 Å². The van der Waals surface area contributed by atoms with Gasteiger partial charge in [0.15, 0.2) is 11.5 Å². The summed E-state index contributed by atoms with van der Waals surface area (Å²) in [5.41, 5.74) is 1.10. The number of aromatic amines is 1. The highest BCUT2D eigenvalue weighted by Crippen LogP contribution is 2.30. The largest absolute Gasteiger partial charge is 0.497 e. The van der Waals surface area contributed by atoms with E-state index in [0.717, 1.165) is 11.3 Å². The molecule has 0 bridgehead atoms. The molecule has 118 valence electrons. The zero-order chi connectivity index (χ0) is 16.4. The Balaban J connectivity index is 2.18. The lowest BCUT2D eigenvalue weighted by atomic mass is 10.1. The van der Waals surface area contributed by atoms with Crippen LogP contribution >= 0.6 is 0 Å². The second-order valence-corrected chi connectivity index (χ2v) is 4.87. The monoisotopic (exact) mass is 312 g/mol. The maximum atomic E-state index is 12.3. The molecule has 0 aliphatic carbocycles. The molecule has 0 radical (unpaired) electrons. The first-order chi connectivity index (χ1) is 11.2. The first kappa shape index (κ1) is 14.9. The molecular formula is C17H16N2O4. The van der Waals surface area contributed by atoms with Crippen LogP contribution in [0.25, 0.3) is 22.3 Å². The topological polar surface area (TPSA) is 73.4 Å². The molecule has 23 heavy (non-hydrogen) atoms. The minimum Gasteiger partial charge on any atom is -0.497 e. The summed E-state index contributed by atoms with van der Waals surface area (Å²) < 4.78 is 15.6. The molecule has 3 aromatic rings. The van der Waals surface area contributed by atoms with Gasteiger partial charge in [-0.1, -0.05) is 0 Å². The van der Waals surface area contributed by atoms with Crippen LogP contribution in [0.1, 0.15) is 0 Å². The van der Waals surface area contributed by atoms with Crippen LogP contribution in [0.4, 0.5) is 0 Å². The van der Waals surface area contributed by atoms with E-state index >= 15 is 0 Å². The number of nitrogens with zero attached hydrogens (tertiary/aromatic N) is 1. The third-order valence-electron chi connectivity index (χ3n) is 3.57. The summed E-state index contributed by atoms with van der Waals surface area (Å²) in [4.78, 5) is 19.7. The third kappa shape index (κ3) is 2.70. The lowest BCUT2D eigenvalue weighted by Crippen LogP contribution is -2.10. The van der Waals surface area contributed by atoms with Gasteiger partial charge in [0.1, 0.15) is 11.6 Å². The summed E-state index contributed by atoms with van der Waals surface area (Å²) in [6, 6.07) is 10.6. The molecule has 6 nitrogen and oxygen atoms in total. The van der Waals surface area contributed by atoms with E-state index in [0.29, 0.717) is 28.2 Å². The van der Waals surface area contributed by atoms with E-state index in [1.807, 2.05) is 24.3 Å². The molecule has 3 rings (SSSR count). The van der Waals surface area contributed by atoms with E-state index in [1.54, 1.807) is 26.4 Å². The summed E-state index contributed by atoms with van der Waals surface area (Å²) >= 11 is 0. The van der Waals surface area contributed by atoms with Crippen LogP contribution in [0.5, 0.6) is 17.2 Å². The fraction of sp³-hybridized carbons (Fsp3) is 0.176. The number of nitrogens with one attached hydrogen (secondary N) is 1. The highest BCUT2D eigenvalue weighted by atomic mass is 16.5. The van der Waals surface area contributed by atoms with Crippen LogP contribution in [0.2, 0.25) is 0 Å². The summed E-state index contributed by atoms with van der Waals surface area (Å²) in [6.45, 7) is 0. The van der Waals surface area contributed by atoms with Crippen LogP contribution in [-0.4, -0.2) is 31.3 Å². The van der Waals surface area contributed by atoms with E-state index in [9.17, 15) is 4.79 Å². The van der Waals surface area contributed by atoms with Crippen molar-refractivity contribution in [3.8, 4) is 28.6 Å². The standard InChI is InChI=1S/C17H16N2O4/c1-21-11-6-4-10(5-7-11)16-18-13-9-15(23-3)14(22-2)8-12(13)17(20)19-16/h4-9H,1-3H3,(H,18,19,20). The Morgan fingerprint density at radius 3 is 2.17 bits per heavy atom. The molecule has 2 aromatic carbocycles. The molecule has 0 fully saturated rings. The Morgan fingerprint density at radius 1 is 0.913 bits per heavy atom. The molecule has 0 amide bonds. The lowest BCUT2D eigenvalue weighted by molar-refractivity contribution is 0.355. The van der Waals surface area contributed by atoms with Gasteiger partial charge in [-0.3, -0.25) is 4.79 Å². The SMILES string of the molecule is COc1ccc(-c2nc3cc(OC)c(OC)cc3c(=O)[nH]2)cc1. The van der Waals surface area contributed by atoms with Crippen LogP contribution < -0.4 is 19.8 Å². The van der Waals surface area contributed by atoms with E-state index in [-0.39, 0.29) is 5.56 Å². The average molecular weight is 312 g/mol. The maximum absolute atomic E-state index is 12.3. The highest BCUT2D eigenvalue weighted by Gasteiger charge is 2.11. The normalized spacial score (nSPS) is 10.6. The number of benzene rings is 2. The second-order valence-electron chi connectivity index (χ2n) is 4.87. The lowest BCUT2D eigenvalue weighted by Gasteiger charge is -2.09. The summed E-state index contributed by atoms with van der Waals surface area (Å²) in [7, 11) is 4.67. The van der Waals surface area contributed by atoms with E-state index < -0.39 is 0 Å². The molecule has 0 saturated carbocycles. The van der Waals surface area contributed by atoms with Crippen molar-refractivity contribution in [2.75, 3.05) is 21.3 Å². The quantitative estimate of drug-likeness (QED) is 0.801. The Kier molecular flexibility index (Phi) is 3.89. The molecule has 0 atom stereocenters. The fourth-order valence-electron chi connectivity index (χ4n) is 2.35. The van der Waals surface area contributed by atoms with Crippen LogP contribution in [-0.2, 0) is 0 Å². The van der Waals surface area contributed by atoms with Gasteiger partial charge < -0.3 is 19.2 Å². The number of fused-ring (bicyclic) bond motifs is 1. The number of ether oxygens (including phenoxy) is 3. The van der Waals surface area contributed by atoms with Gasteiger partial charge in [-0.2, -0.15) is 0 Å². The van der Waals surface area contributed by atoms with Crippen LogP contribution in [0.15, 0.2) is 41.2 Å². The predicted molar refractivity (Wildman–Crippen MR) is 87.5 cm³/mol. The average Bonchev–Trinajstić information content (AvgIpc) is 2.60. The Labute approximate surface area is 132 Å². The molecule has 6 heteroatoms. The number of methoxy groups -OCH3 is 3. The number of H-pyrrole nitrogens is 1. The maximum Gasteiger partial charge on any atom is 0.259 e. The first-order valence-corrected chi connectivity index (χ1v) is 6.96. The van der Waals surface area contributed by atoms with Crippen molar-refractivity contribution in [1.82, 2.24) is 9.97 Å². The van der Waals surface area contributed by atoms with Crippen molar-refractivity contribution in [2.24, 2.45) is 0 Å². The van der Waals surface area contributed by atoms with Crippen molar-refractivity contribution in [3.05, 3.63) is 46.8 Å². The number of hydrogen-bond donors (Lipinski definition) is 1. The summed E-state index contributed by atoms with van der Waals surface area (Å²) in [5.74, 6) is 2.24. The highest BCUT2D eigenvalue weighted by molar-refractivity contribution is 5.83. The molecule has 1 N–H and O–H groups in total. The van der Waals surface area contributed by atoms with Gasteiger partial charge in [-0.25, -0.2) is 4.98 Å². The van der Waals surface area contributed by atoms with Crippen molar-refractivity contribution in [3.63, 3.8) is 0 Å². The molecule has 0 unspecified atom stereocenters. The fourth-order valence-corrected chi connectivity index (χ4v) is 2.35. The van der Waals surface area contributed by atoms with Gasteiger partial charge in [-0.15, -0.1) is 0 Å². The van der Waals surface area contributed by atoms with Gasteiger partial charge in [0.25, 0.3) is 5.56 Å². The molecule has 1 aromatic heterocycles. The first-order valence-electron chi connectivity index (χ1n) is 6.96. The predicted octanol–water partition coefficient (Wildman–Crippen LogP) is 2.62. The van der Waals surface area contributed by atoms with Crippen molar-refractivity contribution < 1.29 is 14.2 Å². The zero-order valence-corrected chi connectivity index (χ0v) is 13.0. The molecule has 0 spiro atoms. The summed E-state index contributed by atoms with van der Waals surface area (Å²) in [5, 5.41) is 0.444. The number of hydrogen-bond acceptors (Lipinski definition) is 5. The van der Waals surface area contributed by atoms with Gasteiger partial charge in [0.2, 0.25) is 0 Å². The van der Waals surface area contributed by atoms with Gasteiger partial charge in [0.05, 0.1) is 32.2 Å². The van der Waals surface area contributed by atoms with Crippen molar-refractivity contribution in [1.29, 1.82) is 0 Å². The minimum absolute atomic E-state index is 0.234. The molecule has 0 aliphatic rings. The minimum atomic E-state index is -0.234. The van der Waals surface area contributed by atoms with Crippen LogP contribution in [0, 0.1) is 0 Å². The number of rotatable bonds is 4. The van der Waals surface area contributed by atoms with Crippen molar-refractivity contribution >= 4 is 10.9 Å². The second kappa shape index (κ2) is 6.00. The van der Waals surface area contributed by atoms with E-state index in [4.69, 9.17) is 14.2 Å².